The molecule has 5 nitrogen and oxygen atoms in total. The van der Waals surface area contributed by atoms with Crippen molar-refractivity contribution in [2.75, 3.05) is 31.1 Å². The van der Waals surface area contributed by atoms with Crippen molar-refractivity contribution in [2.45, 2.75) is 33.1 Å². The summed E-state index contributed by atoms with van der Waals surface area (Å²) in [6, 6.07) is 20.6. The molecule has 0 aliphatic carbocycles. The number of aromatic nitrogens is 2. The summed E-state index contributed by atoms with van der Waals surface area (Å²) in [7, 11) is 0. The zero-order valence-electron chi connectivity index (χ0n) is 20.0. The van der Waals surface area contributed by atoms with E-state index in [1.54, 1.807) is 6.08 Å². The zero-order valence-corrected chi connectivity index (χ0v) is 20.0. The topological polar surface area (TPSA) is 49.3 Å². The standard InChI is InChI=1S/C28H32N4O/c1-21-29-25(23-8-6-5-7-9-23)20-26(30-21)31-16-18-32(19-17-31)27(33)15-12-22-10-13-24(14-11-22)28(2,3)4/h5-15,20H,16-19H2,1-4H3/b15-12+. The van der Waals surface area contributed by atoms with Crippen LogP contribution in [0.25, 0.3) is 17.3 Å². The number of amides is 1. The van der Waals surface area contributed by atoms with Gasteiger partial charge >= 0.3 is 0 Å². The molecule has 0 N–H and O–H groups in total. The maximum Gasteiger partial charge on any atom is 0.246 e. The van der Waals surface area contributed by atoms with Crippen molar-refractivity contribution in [3.63, 3.8) is 0 Å². The molecule has 0 spiro atoms. The van der Waals surface area contributed by atoms with Crippen LogP contribution in [0.3, 0.4) is 0 Å². The third-order valence-corrected chi connectivity index (χ3v) is 6.00. The molecule has 0 saturated carbocycles. The molecule has 170 valence electrons. The Morgan fingerprint density at radius 1 is 0.909 bits per heavy atom. The Morgan fingerprint density at radius 2 is 1.58 bits per heavy atom. The number of rotatable bonds is 4. The van der Waals surface area contributed by atoms with E-state index in [9.17, 15) is 4.79 Å². The summed E-state index contributed by atoms with van der Waals surface area (Å²) in [6.07, 6.45) is 3.59. The van der Waals surface area contributed by atoms with Gasteiger partial charge in [-0.25, -0.2) is 9.97 Å². The summed E-state index contributed by atoms with van der Waals surface area (Å²) >= 11 is 0. The van der Waals surface area contributed by atoms with E-state index in [0.29, 0.717) is 13.1 Å². The quantitative estimate of drug-likeness (QED) is 0.529. The van der Waals surface area contributed by atoms with Gasteiger partial charge in [0.05, 0.1) is 5.69 Å². The van der Waals surface area contributed by atoms with Gasteiger partial charge in [-0.05, 0) is 29.5 Å². The molecule has 4 rings (SSSR count). The van der Waals surface area contributed by atoms with Crippen LogP contribution in [0.5, 0.6) is 0 Å². The first-order valence-corrected chi connectivity index (χ1v) is 11.5. The van der Waals surface area contributed by atoms with Crippen LogP contribution in [0.2, 0.25) is 0 Å². The molecule has 2 heterocycles. The SMILES string of the molecule is Cc1nc(-c2ccccc2)cc(N2CCN(C(=O)/C=C/c3ccc(C(C)(C)C)cc3)CC2)n1. The van der Waals surface area contributed by atoms with Gasteiger partial charge in [0.15, 0.2) is 0 Å². The number of benzene rings is 2. The summed E-state index contributed by atoms with van der Waals surface area (Å²) < 4.78 is 0. The van der Waals surface area contributed by atoms with Gasteiger partial charge in [-0.2, -0.15) is 0 Å². The summed E-state index contributed by atoms with van der Waals surface area (Å²) in [5, 5.41) is 0. The van der Waals surface area contributed by atoms with Crippen molar-refractivity contribution >= 4 is 17.8 Å². The number of carbonyl (C=O) groups excluding carboxylic acids is 1. The van der Waals surface area contributed by atoms with Crippen LogP contribution in [0.4, 0.5) is 5.82 Å². The van der Waals surface area contributed by atoms with Gasteiger partial charge in [0.1, 0.15) is 11.6 Å². The Morgan fingerprint density at radius 3 is 2.21 bits per heavy atom. The molecule has 33 heavy (non-hydrogen) atoms. The smallest absolute Gasteiger partial charge is 0.246 e. The van der Waals surface area contributed by atoms with Crippen molar-refractivity contribution in [3.05, 3.63) is 83.7 Å². The Hall–Kier alpha value is -3.47. The predicted molar refractivity (Wildman–Crippen MR) is 135 cm³/mol. The molecule has 1 amide bonds. The average Bonchev–Trinajstić information content (AvgIpc) is 2.82. The molecular formula is C28H32N4O. The predicted octanol–water partition coefficient (Wildman–Crippen LogP) is 5.11. The third-order valence-electron chi connectivity index (χ3n) is 6.00. The van der Waals surface area contributed by atoms with Crippen molar-refractivity contribution in [2.24, 2.45) is 0 Å². The van der Waals surface area contributed by atoms with Crippen LogP contribution in [0, 0.1) is 6.92 Å². The highest BCUT2D eigenvalue weighted by atomic mass is 16.2. The third kappa shape index (κ3) is 5.67. The van der Waals surface area contributed by atoms with Crippen LogP contribution in [-0.4, -0.2) is 47.0 Å². The highest BCUT2D eigenvalue weighted by molar-refractivity contribution is 5.92. The molecule has 1 saturated heterocycles. The molecule has 0 unspecified atom stereocenters. The van der Waals surface area contributed by atoms with Crippen LogP contribution in [-0.2, 0) is 10.2 Å². The van der Waals surface area contributed by atoms with E-state index in [1.807, 2.05) is 42.2 Å². The zero-order chi connectivity index (χ0) is 23.4. The number of anilines is 1. The molecule has 1 aromatic heterocycles. The van der Waals surface area contributed by atoms with E-state index >= 15 is 0 Å². The van der Waals surface area contributed by atoms with Crippen molar-refractivity contribution in [3.8, 4) is 11.3 Å². The first-order valence-electron chi connectivity index (χ1n) is 11.5. The lowest BCUT2D eigenvalue weighted by molar-refractivity contribution is -0.126. The molecule has 3 aromatic rings. The monoisotopic (exact) mass is 440 g/mol. The molecule has 5 heteroatoms. The maximum absolute atomic E-state index is 12.7. The Bertz CT molecular complexity index is 1120. The highest BCUT2D eigenvalue weighted by Crippen LogP contribution is 2.24. The Kier molecular flexibility index (Phi) is 6.59. The molecule has 1 aliphatic heterocycles. The summed E-state index contributed by atoms with van der Waals surface area (Å²) in [5.74, 6) is 1.73. The van der Waals surface area contributed by atoms with Crippen LogP contribution >= 0.6 is 0 Å². The second-order valence-electron chi connectivity index (χ2n) is 9.54. The van der Waals surface area contributed by atoms with Crippen molar-refractivity contribution in [1.82, 2.24) is 14.9 Å². The molecule has 0 atom stereocenters. The fourth-order valence-corrected chi connectivity index (χ4v) is 3.99. The van der Waals surface area contributed by atoms with E-state index in [0.717, 1.165) is 41.6 Å². The van der Waals surface area contributed by atoms with Gasteiger partial charge in [-0.3, -0.25) is 4.79 Å². The molecule has 0 bridgehead atoms. The number of piperazine rings is 1. The second kappa shape index (κ2) is 9.57. The van der Waals surface area contributed by atoms with E-state index in [4.69, 9.17) is 0 Å². The van der Waals surface area contributed by atoms with Gasteiger partial charge in [-0.15, -0.1) is 0 Å². The Labute approximate surface area is 196 Å². The fourth-order valence-electron chi connectivity index (χ4n) is 3.99. The van der Waals surface area contributed by atoms with Gasteiger partial charge in [0.2, 0.25) is 5.91 Å². The molecule has 1 aliphatic rings. The summed E-state index contributed by atoms with van der Waals surface area (Å²) in [4.78, 5) is 26.1. The maximum atomic E-state index is 12.7. The first-order chi connectivity index (χ1) is 15.8. The number of carbonyl (C=O) groups is 1. The highest BCUT2D eigenvalue weighted by Gasteiger charge is 2.21. The lowest BCUT2D eigenvalue weighted by Gasteiger charge is -2.35. The van der Waals surface area contributed by atoms with Gasteiger partial charge in [0, 0.05) is 43.9 Å². The largest absolute Gasteiger partial charge is 0.353 e. The summed E-state index contributed by atoms with van der Waals surface area (Å²) in [6.45, 7) is 11.4. The van der Waals surface area contributed by atoms with E-state index in [1.165, 1.54) is 5.56 Å². The molecule has 0 radical (unpaired) electrons. The number of hydrogen-bond donors (Lipinski definition) is 0. The molecule has 2 aromatic carbocycles. The molecular weight excluding hydrogens is 408 g/mol. The lowest BCUT2D eigenvalue weighted by Crippen LogP contribution is -2.48. The first kappa shape index (κ1) is 22.7. The van der Waals surface area contributed by atoms with Crippen molar-refractivity contribution < 1.29 is 4.79 Å². The van der Waals surface area contributed by atoms with Crippen molar-refractivity contribution in [1.29, 1.82) is 0 Å². The average molecular weight is 441 g/mol. The minimum atomic E-state index is 0.0541. The van der Waals surface area contributed by atoms with E-state index in [-0.39, 0.29) is 11.3 Å². The van der Waals surface area contributed by atoms with Gasteiger partial charge in [0.25, 0.3) is 0 Å². The number of hydrogen-bond acceptors (Lipinski definition) is 4. The van der Waals surface area contributed by atoms with Crippen LogP contribution < -0.4 is 4.90 Å². The van der Waals surface area contributed by atoms with Crippen LogP contribution in [0.15, 0.2) is 66.7 Å². The minimum Gasteiger partial charge on any atom is -0.353 e. The van der Waals surface area contributed by atoms with Gasteiger partial charge < -0.3 is 9.80 Å². The van der Waals surface area contributed by atoms with E-state index < -0.39 is 0 Å². The normalized spacial score (nSPS) is 14.7. The second-order valence-corrected chi connectivity index (χ2v) is 9.54. The minimum absolute atomic E-state index is 0.0541. The van der Waals surface area contributed by atoms with Crippen LogP contribution in [0.1, 0.15) is 37.7 Å². The number of aryl methyl sites for hydroxylation is 1. The molecule has 1 fully saturated rings. The van der Waals surface area contributed by atoms with E-state index in [2.05, 4.69) is 72.0 Å². The lowest BCUT2D eigenvalue weighted by atomic mass is 9.87. The van der Waals surface area contributed by atoms with Gasteiger partial charge in [-0.1, -0.05) is 75.4 Å². The summed E-state index contributed by atoms with van der Waals surface area (Å²) in [5.41, 5.74) is 4.47. The number of nitrogens with zero attached hydrogens (tertiary/aromatic N) is 4. The fraction of sp³-hybridized carbons (Fsp3) is 0.321. The Balaban J connectivity index is 1.37.